The standard InChI is InChI=1S/C24H28FN7O2/c1-14-12-32-13-17(10-20(25)23(32)28-14)30-24(34)18-4-5-21(19(11-27-3)22(18)26)31-8-6-16(7-9-31)29-15(2)33/h4-5,10-13,16,26-27H,6-9H2,1-3H3,(H,29,33)(H,30,34)/b19-11-,26-22?. The zero-order valence-electron chi connectivity index (χ0n) is 19.4. The molecule has 1 aliphatic heterocycles. The summed E-state index contributed by atoms with van der Waals surface area (Å²) in [7, 11) is 1.74. The number of carbonyl (C=O) groups excluding carboxylic acids is 2. The van der Waals surface area contributed by atoms with E-state index in [1.807, 2.05) is 6.08 Å². The molecule has 0 radical (unpaired) electrons. The number of hydrogen-bond donors (Lipinski definition) is 4. The van der Waals surface area contributed by atoms with E-state index in [1.165, 1.54) is 17.4 Å². The minimum Gasteiger partial charge on any atom is -0.393 e. The Morgan fingerprint density at radius 1 is 1.24 bits per heavy atom. The van der Waals surface area contributed by atoms with Crippen LogP contribution in [0.5, 0.6) is 0 Å². The van der Waals surface area contributed by atoms with Crippen molar-refractivity contribution >= 4 is 28.9 Å². The number of carbonyl (C=O) groups is 2. The van der Waals surface area contributed by atoms with Crippen molar-refractivity contribution < 1.29 is 14.0 Å². The van der Waals surface area contributed by atoms with Crippen molar-refractivity contribution in [3.05, 3.63) is 65.2 Å². The van der Waals surface area contributed by atoms with Gasteiger partial charge in [0.1, 0.15) is 0 Å². The largest absolute Gasteiger partial charge is 0.393 e. The van der Waals surface area contributed by atoms with E-state index in [1.54, 1.807) is 38.6 Å². The van der Waals surface area contributed by atoms with E-state index < -0.39 is 11.7 Å². The Labute approximate surface area is 196 Å². The van der Waals surface area contributed by atoms with Gasteiger partial charge >= 0.3 is 0 Å². The fraction of sp³-hybridized carbons (Fsp3) is 0.333. The summed E-state index contributed by atoms with van der Waals surface area (Å²) in [5.41, 5.74) is 2.83. The van der Waals surface area contributed by atoms with Crippen LogP contribution in [0, 0.1) is 18.2 Å². The van der Waals surface area contributed by atoms with E-state index in [0.717, 1.165) is 31.6 Å². The second-order valence-corrected chi connectivity index (χ2v) is 8.46. The average molecular weight is 466 g/mol. The first kappa shape index (κ1) is 23.2. The molecule has 3 heterocycles. The van der Waals surface area contributed by atoms with E-state index >= 15 is 0 Å². The lowest BCUT2D eigenvalue weighted by molar-refractivity contribution is -0.120. The third kappa shape index (κ3) is 4.70. The Balaban J connectivity index is 1.54. The molecule has 0 aromatic carbocycles. The van der Waals surface area contributed by atoms with E-state index in [4.69, 9.17) is 5.41 Å². The van der Waals surface area contributed by atoms with Gasteiger partial charge in [0.25, 0.3) is 5.91 Å². The van der Waals surface area contributed by atoms with E-state index in [-0.39, 0.29) is 34.6 Å². The molecular formula is C24H28FN7O2. The van der Waals surface area contributed by atoms with Crippen LogP contribution in [-0.4, -0.2) is 58.0 Å². The van der Waals surface area contributed by atoms with Crippen molar-refractivity contribution in [1.29, 1.82) is 5.41 Å². The SMILES string of the molecule is CN/C=C1\C(=N)C(C(=O)Nc2cc(F)c3nc(C)cn3c2)=CC=C1N1CCC(NC(C)=O)CC1. The maximum absolute atomic E-state index is 14.4. The maximum Gasteiger partial charge on any atom is 0.257 e. The molecule has 1 aliphatic carbocycles. The number of aryl methyl sites for hydroxylation is 1. The van der Waals surface area contributed by atoms with Crippen molar-refractivity contribution in [2.75, 3.05) is 25.5 Å². The third-order valence-corrected chi connectivity index (χ3v) is 5.88. The first-order valence-electron chi connectivity index (χ1n) is 11.1. The van der Waals surface area contributed by atoms with Crippen LogP contribution < -0.4 is 16.0 Å². The fourth-order valence-corrected chi connectivity index (χ4v) is 4.36. The van der Waals surface area contributed by atoms with Crippen LogP contribution in [0.4, 0.5) is 10.1 Å². The molecule has 178 valence electrons. The summed E-state index contributed by atoms with van der Waals surface area (Å²) < 4.78 is 15.9. The minimum absolute atomic E-state index is 0.0336. The number of rotatable bonds is 5. The monoisotopic (exact) mass is 465 g/mol. The van der Waals surface area contributed by atoms with Crippen molar-refractivity contribution in [2.45, 2.75) is 32.7 Å². The molecule has 2 aliphatic rings. The topological polar surface area (TPSA) is 115 Å². The van der Waals surface area contributed by atoms with Crippen molar-refractivity contribution in [1.82, 2.24) is 24.9 Å². The van der Waals surface area contributed by atoms with Gasteiger partial charge in [-0.05, 0) is 31.9 Å². The molecule has 0 bridgehead atoms. The van der Waals surface area contributed by atoms with Gasteiger partial charge in [0.15, 0.2) is 11.5 Å². The van der Waals surface area contributed by atoms with Crippen molar-refractivity contribution in [3.8, 4) is 0 Å². The third-order valence-electron chi connectivity index (χ3n) is 5.88. The van der Waals surface area contributed by atoms with Crippen molar-refractivity contribution in [3.63, 3.8) is 0 Å². The number of likely N-dealkylation sites (tertiary alicyclic amines) is 1. The number of amides is 2. The number of nitrogens with one attached hydrogen (secondary N) is 4. The maximum atomic E-state index is 14.4. The normalized spacial score (nSPS) is 18.1. The highest BCUT2D eigenvalue weighted by Gasteiger charge is 2.29. The zero-order valence-corrected chi connectivity index (χ0v) is 19.4. The van der Waals surface area contributed by atoms with Gasteiger partial charge in [-0.3, -0.25) is 15.0 Å². The lowest BCUT2D eigenvalue weighted by Gasteiger charge is -2.37. The number of hydrogen-bond acceptors (Lipinski definition) is 6. The van der Waals surface area contributed by atoms with Gasteiger partial charge in [0.05, 0.1) is 22.7 Å². The average Bonchev–Trinajstić information content (AvgIpc) is 3.16. The first-order valence-corrected chi connectivity index (χ1v) is 11.1. The molecule has 0 spiro atoms. The molecule has 2 aromatic rings. The van der Waals surface area contributed by atoms with E-state index in [2.05, 4.69) is 25.8 Å². The van der Waals surface area contributed by atoms with Gasteiger partial charge in [-0.1, -0.05) is 0 Å². The molecule has 0 unspecified atom stereocenters. The Kier molecular flexibility index (Phi) is 6.49. The molecule has 10 heteroatoms. The molecule has 2 aromatic heterocycles. The van der Waals surface area contributed by atoms with E-state index in [9.17, 15) is 14.0 Å². The number of fused-ring (bicyclic) bond motifs is 1. The number of aromatic nitrogens is 2. The molecular weight excluding hydrogens is 437 g/mol. The highest BCUT2D eigenvalue weighted by atomic mass is 19.1. The Hall–Kier alpha value is -3.95. The Bertz CT molecular complexity index is 1250. The summed E-state index contributed by atoms with van der Waals surface area (Å²) >= 11 is 0. The van der Waals surface area contributed by atoms with Crippen molar-refractivity contribution in [2.24, 2.45) is 0 Å². The summed E-state index contributed by atoms with van der Waals surface area (Å²) in [6, 6.07) is 1.36. The summed E-state index contributed by atoms with van der Waals surface area (Å²) in [5.74, 6) is -1.07. The van der Waals surface area contributed by atoms with Crippen LogP contribution in [0.3, 0.4) is 0 Å². The predicted octanol–water partition coefficient (Wildman–Crippen LogP) is 2.27. The molecule has 0 atom stereocenters. The summed E-state index contributed by atoms with van der Waals surface area (Å²) in [5, 5.41) is 17.3. The lowest BCUT2D eigenvalue weighted by Crippen LogP contribution is -2.44. The van der Waals surface area contributed by atoms with Gasteiger partial charge in [-0.15, -0.1) is 0 Å². The summed E-state index contributed by atoms with van der Waals surface area (Å²) in [4.78, 5) is 30.6. The van der Waals surface area contributed by atoms with Crippen LogP contribution >= 0.6 is 0 Å². The van der Waals surface area contributed by atoms with Crippen LogP contribution in [0.2, 0.25) is 0 Å². The van der Waals surface area contributed by atoms with Gasteiger partial charge in [-0.2, -0.15) is 0 Å². The molecule has 2 amide bonds. The zero-order chi connectivity index (χ0) is 24.4. The molecule has 0 saturated carbocycles. The van der Waals surface area contributed by atoms with E-state index in [0.29, 0.717) is 11.3 Å². The summed E-state index contributed by atoms with van der Waals surface area (Å²) in [6.45, 7) is 4.74. The van der Waals surface area contributed by atoms with Gasteiger partial charge < -0.3 is 25.3 Å². The highest BCUT2D eigenvalue weighted by molar-refractivity contribution is 6.31. The molecule has 4 rings (SSSR count). The number of allylic oxidation sites excluding steroid dienone is 3. The van der Waals surface area contributed by atoms with Crippen LogP contribution in [0.25, 0.3) is 5.65 Å². The number of imidazole rings is 1. The lowest BCUT2D eigenvalue weighted by atomic mass is 9.92. The minimum atomic E-state index is -0.542. The number of pyridine rings is 1. The summed E-state index contributed by atoms with van der Waals surface area (Å²) in [6.07, 6.45) is 10.0. The Morgan fingerprint density at radius 2 is 1.97 bits per heavy atom. The fourth-order valence-electron chi connectivity index (χ4n) is 4.36. The smallest absolute Gasteiger partial charge is 0.257 e. The molecule has 9 nitrogen and oxygen atoms in total. The highest BCUT2D eigenvalue weighted by Crippen LogP contribution is 2.28. The second-order valence-electron chi connectivity index (χ2n) is 8.46. The first-order chi connectivity index (χ1) is 16.3. The number of anilines is 1. The van der Waals surface area contributed by atoms with Crippen LogP contribution in [0.15, 0.2) is 53.7 Å². The van der Waals surface area contributed by atoms with Crippen LogP contribution in [0.1, 0.15) is 25.5 Å². The molecule has 1 fully saturated rings. The second kappa shape index (κ2) is 9.50. The molecule has 4 N–H and O–H groups in total. The number of halogens is 1. The Morgan fingerprint density at radius 3 is 2.65 bits per heavy atom. The number of nitrogens with zero attached hydrogens (tertiary/aromatic N) is 3. The van der Waals surface area contributed by atoms with Gasteiger partial charge in [0, 0.05) is 69.0 Å². The van der Waals surface area contributed by atoms with Crippen LogP contribution in [-0.2, 0) is 9.59 Å². The molecule has 34 heavy (non-hydrogen) atoms. The van der Waals surface area contributed by atoms with Gasteiger partial charge in [0.2, 0.25) is 5.91 Å². The van der Waals surface area contributed by atoms with Gasteiger partial charge in [-0.25, -0.2) is 9.37 Å². The molecule has 1 saturated heterocycles. The number of piperidine rings is 1. The predicted molar refractivity (Wildman–Crippen MR) is 128 cm³/mol. The quantitative estimate of drug-likeness (QED) is 0.541.